The van der Waals surface area contributed by atoms with Crippen molar-refractivity contribution in [3.63, 3.8) is 0 Å². The van der Waals surface area contributed by atoms with Gasteiger partial charge in [0.25, 0.3) is 5.91 Å². The van der Waals surface area contributed by atoms with Gasteiger partial charge in [0.15, 0.2) is 0 Å². The number of hydrogen-bond donors (Lipinski definition) is 2. The molecular weight excluding hydrogens is 230 g/mol. The van der Waals surface area contributed by atoms with Crippen LogP contribution in [-0.4, -0.2) is 11.1 Å². The number of rotatable bonds is 2. The number of nitrogens with one attached hydrogen (secondary N) is 1. The maximum atomic E-state index is 12.0. The van der Waals surface area contributed by atoms with Crippen LogP contribution >= 0.6 is 0 Å². The topological polar surface area (TPSA) is 81.2 Å². The quantitative estimate of drug-likeness (QED) is 0.796. The summed E-state index contributed by atoms with van der Waals surface area (Å²) in [6.07, 6.45) is 0. The highest BCUT2D eigenvalue weighted by molar-refractivity contribution is 6.03. The van der Waals surface area contributed by atoms with E-state index >= 15 is 0 Å². The van der Waals surface area contributed by atoms with Crippen LogP contribution < -0.4 is 11.1 Å². The third-order valence-electron chi connectivity index (χ3n) is 2.81. The first-order valence-electron chi connectivity index (χ1n) is 5.59. The molecule has 0 spiro atoms. The van der Waals surface area contributed by atoms with Crippen LogP contribution in [0.25, 0.3) is 0 Å². The molecule has 0 aliphatic rings. The maximum absolute atomic E-state index is 12.0. The first kappa shape index (κ1) is 12.2. The summed E-state index contributed by atoms with van der Waals surface area (Å²) in [5, 5.41) is 6.48. The van der Waals surface area contributed by atoms with E-state index in [2.05, 4.69) is 10.5 Å². The Balaban J connectivity index is 2.30. The standard InChI is InChI=1S/C13H15N3O2/c1-7-4-5-10(14)9(3)12(7)15-13(17)11-6-8(2)16-18-11/h4-6H,14H2,1-3H3,(H,15,17). The smallest absolute Gasteiger partial charge is 0.294 e. The summed E-state index contributed by atoms with van der Waals surface area (Å²) in [4.78, 5) is 12.0. The Bertz CT molecular complexity index is 602. The van der Waals surface area contributed by atoms with Gasteiger partial charge in [-0.3, -0.25) is 4.79 Å². The summed E-state index contributed by atoms with van der Waals surface area (Å²) in [5.74, 6) is -0.138. The number of nitrogens with two attached hydrogens (primary N) is 1. The third-order valence-corrected chi connectivity index (χ3v) is 2.81. The second kappa shape index (κ2) is 4.52. The lowest BCUT2D eigenvalue weighted by Crippen LogP contribution is -2.13. The van der Waals surface area contributed by atoms with Crippen molar-refractivity contribution < 1.29 is 9.32 Å². The molecule has 0 saturated carbocycles. The highest BCUT2D eigenvalue weighted by Crippen LogP contribution is 2.25. The third kappa shape index (κ3) is 2.20. The van der Waals surface area contributed by atoms with Gasteiger partial charge < -0.3 is 15.6 Å². The van der Waals surface area contributed by atoms with E-state index in [0.29, 0.717) is 17.1 Å². The van der Waals surface area contributed by atoms with Gasteiger partial charge in [0, 0.05) is 17.4 Å². The van der Waals surface area contributed by atoms with Gasteiger partial charge in [-0.1, -0.05) is 11.2 Å². The van der Waals surface area contributed by atoms with Gasteiger partial charge in [-0.15, -0.1) is 0 Å². The molecule has 0 unspecified atom stereocenters. The number of carbonyl (C=O) groups excluding carboxylic acids is 1. The Labute approximate surface area is 105 Å². The molecule has 2 rings (SSSR count). The SMILES string of the molecule is Cc1cc(C(=O)Nc2c(C)ccc(N)c2C)on1. The number of aryl methyl sites for hydroxylation is 2. The van der Waals surface area contributed by atoms with Crippen LogP contribution in [0.15, 0.2) is 22.7 Å². The number of nitrogens with zero attached hydrogens (tertiary/aromatic N) is 1. The Hall–Kier alpha value is -2.30. The zero-order valence-electron chi connectivity index (χ0n) is 10.6. The normalized spacial score (nSPS) is 10.4. The largest absolute Gasteiger partial charge is 0.398 e. The molecule has 1 heterocycles. The van der Waals surface area contributed by atoms with Crippen LogP contribution in [0.1, 0.15) is 27.4 Å². The molecule has 1 aromatic carbocycles. The fourth-order valence-corrected chi connectivity index (χ4v) is 1.70. The molecule has 18 heavy (non-hydrogen) atoms. The molecule has 94 valence electrons. The van der Waals surface area contributed by atoms with Crippen LogP contribution in [0, 0.1) is 20.8 Å². The molecular formula is C13H15N3O2. The van der Waals surface area contributed by atoms with Crippen LogP contribution in [0.4, 0.5) is 11.4 Å². The molecule has 5 nitrogen and oxygen atoms in total. The van der Waals surface area contributed by atoms with E-state index in [1.54, 1.807) is 13.0 Å². The first-order valence-corrected chi connectivity index (χ1v) is 5.59. The van der Waals surface area contributed by atoms with Gasteiger partial charge in [0.05, 0.1) is 5.69 Å². The van der Waals surface area contributed by atoms with Gasteiger partial charge in [0.1, 0.15) is 0 Å². The molecule has 0 aliphatic heterocycles. The van der Waals surface area contributed by atoms with Gasteiger partial charge >= 0.3 is 0 Å². The Morgan fingerprint density at radius 1 is 1.33 bits per heavy atom. The molecule has 0 bridgehead atoms. The van der Waals surface area contributed by atoms with Crippen molar-refractivity contribution in [2.45, 2.75) is 20.8 Å². The van der Waals surface area contributed by atoms with E-state index in [4.69, 9.17) is 10.3 Å². The van der Waals surface area contributed by atoms with Crippen molar-refractivity contribution in [1.82, 2.24) is 5.16 Å². The number of amides is 1. The van der Waals surface area contributed by atoms with Crippen molar-refractivity contribution in [3.8, 4) is 0 Å². The van der Waals surface area contributed by atoms with Crippen LogP contribution in [0.2, 0.25) is 0 Å². The van der Waals surface area contributed by atoms with Gasteiger partial charge in [-0.2, -0.15) is 0 Å². The van der Waals surface area contributed by atoms with Crippen molar-refractivity contribution >= 4 is 17.3 Å². The minimum atomic E-state index is -0.326. The minimum Gasteiger partial charge on any atom is -0.398 e. The number of benzene rings is 1. The van der Waals surface area contributed by atoms with E-state index in [-0.39, 0.29) is 11.7 Å². The number of anilines is 2. The van der Waals surface area contributed by atoms with E-state index < -0.39 is 0 Å². The van der Waals surface area contributed by atoms with E-state index in [0.717, 1.165) is 11.1 Å². The molecule has 0 saturated heterocycles. The molecule has 0 radical (unpaired) electrons. The summed E-state index contributed by atoms with van der Waals surface area (Å²) in [6.45, 7) is 5.54. The second-order valence-corrected chi connectivity index (χ2v) is 4.26. The zero-order valence-corrected chi connectivity index (χ0v) is 10.6. The molecule has 0 fully saturated rings. The minimum absolute atomic E-state index is 0.189. The fraction of sp³-hybridized carbons (Fsp3) is 0.231. The highest BCUT2D eigenvalue weighted by atomic mass is 16.5. The number of nitrogen functional groups attached to an aromatic ring is 1. The molecule has 5 heteroatoms. The van der Waals surface area contributed by atoms with Crippen LogP contribution in [0.5, 0.6) is 0 Å². The predicted molar refractivity (Wildman–Crippen MR) is 69.5 cm³/mol. The molecule has 1 amide bonds. The summed E-state index contributed by atoms with van der Waals surface area (Å²) < 4.78 is 4.91. The molecule has 1 aromatic heterocycles. The lowest BCUT2D eigenvalue weighted by atomic mass is 10.1. The Kier molecular flexibility index (Phi) is 3.06. The zero-order chi connectivity index (χ0) is 13.3. The lowest BCUT2D eigenvalue weighted by Gasteiger charge is -2.12. The monoisotopic (exact) mass is 245 g/mol. The number of carbonyl (C=O) groups is 1. The van der Waals surface area contributed by atoms with E-state index in [1.165, 1.54) is 0 Å². The second-order valence-electron chi connectivity index (χ2n) is 4.26. The maximum Gasteiger partial charge on any atom is 0.294 e. The first-order chi connectivity index (χ1) is 8.49. The van der Waals surface area contributed by atoms with E-state index in [1.807, 2.05) is 26.0 Å². The summed E-state index contributed by atoms with van der Waals surface area (Å²) >= 11 is 0. The van der Waals surface area contributed by atoms with Crippen molar-refractivity contribution in [3.05, 3.63) is 40.8 Å². The molecule has 2 aromatic rings. The van der Waals surface area contributed by atoms with Crippen LogP contribution in [0.3, 0.4) is 0 Å². The highest BCUT2D eigenvalue weighted by Gasteiger charge is 2.14. The number of hydrogen-bond acceptors (Lipinski definition) is 4. The lowest BCUT2D eigenvalue weighted by molar-refractivity contribution is 0.0987. The van der Waals surface area contributed by atoms with Crippen LogP contribution in [-0.2, 0) is 0 Å². The van der Waals surface area contributed by atoms with Gasteiger partial charge in [-0.05, 0) is 38.0 Å². The average Bonchev–Trinajstić information content (AvgIpc) is 2.76. The Morgan fingerprint density at radius 3 is 2.67 bits per heavy atom. The Morgan fingerprint density at radius 2 is 2.06 bits per heavy atom. The summed E-state index contributed by atoms with van der Waals surface area (Å²) in [7, 11) is 0. The predicted octanol–water partition coefficient (Wildman–Crippen LogP) is 2.43. The molecule has 3 N–H and O–H groups in total. The molecule has 0 aliphatic carbocycles. The van der Waals surface area contributed by atoms with Crippen molar-refractivity contribution in [2.24, 2.45) is 0 Å². The summed E-state index contributed by atoms with van der Waals surface area (Å²) in [5.41, 5.74) is 9.65. The number of aromatic nitrogens is 1. The van der Waals surface area contributed by atoms with E-state index in [9.17, 15) is 4.79 Å². The average molecular weight is 245 g/mol. The summed E-state index contributed by atoms with van der Waals surface area (Å²) in [6, 6.07) is 5.27. The molecule has 0 atom stereocenters. The fourth-order valence-electron chi connectivity index (χ4n) is 1.70. The van der Waals surface area contributed by atoms with Gasteiger partial charge in [-0.25, -0.2) is 0 Å². The van der Waals surface area contributed by atoms with Crippen molar-refractivity contribution in [2.75, 3.05) is 11.1 Å². The van der Waals surface area contributed by atoms with Crippen molar-refractivity contribution in [1.29, 1.82) is 0 Å². The van der Waals surface area contributed by atoms with Gasteiger partial charge in [0.2, 0.25) is 5.76 Å².